The van der Waals surface area contributed by atoms with E-state index in [2.05, 4.69) is 90.6 Å². The zero-order valence-corrected chi connectivity index (χ0v) is 47.2. The summed E-state index contributed by atoms with van der Waals surface area (Å²) >= 11 is 3.44. The summed E-state index contributed by atoms with van der Waals surface area (Å²) in [7, 11) is -5.96. The van der Waals surface area contributed by atoms with Crippen LogP contribution in [0.2, 0.25) is 18.1 Å². The van der Waals surface area contributed by atoms with Gasteiger partial charge in [-0.2, -0.15) is 8.42 Å². The first kappa shape index (κ1) is 54.9. The van der Waals surface area contributed by atoms with Gasteiger partial charge in [0.1, 0.15) is 36.3 Å². The van der Waals surface area contributed by atoms with Crippen LogP contribution in [-0.4, -0.2) is 114 Å². The summed E-state index contributed by atoms with van der Waals surface area (Å²) < 4.78 is 88.1. The van der Waals surface area contributed by atoms with Crippen LogP contribution in [-0.2, 0) is 56.7 Å². The number of benzene rings is 1. The Balaban J connectivity index is 0.929. The first-order valence-corrected chi connectivity index (χ1v) is 31.9. The fraction of sp³-hybridized carbons (Fsp3) is 0.800. The molecule has 0 spiro atoms. The van der Waals surface area contributed by atoms with Gasteiger partial charge in [0.2, 0.25) is 0 Å². The SMILES string of the molecule is C=C(Br)C[C@@H](CC[C@@]12C[C@H]3O[C@H]4C(O1)[C@H]1O[C@@H](CC(=O)C[C@H]5C(C[C@H]6OC(CCCC)C[C@@H](C)C6=C)O[C@H](C[C@H](C)CO[Si](C)(C)C(C)(C)C)[C@@H]5C)CC[C@@H]1O[C@H]4C3O2)OS(=O)(=O)c1ccc(C)cc1. The summed E-state index contributed by atoms with van der Waals surface area (Å²) in [5.74, 6) is 0.0149. The molecule has 9 rings (SSSR count). The van der Waals surface area contributed by atoms with Gasteiger partial charge in [-0.05, 0) is 109 Å². The molecule has 1 aromatic carbocycles. The minimum Gasteiger partial charge on any atom is -0.417 e. The monoisotopic (exact) mass is 1080 g/mol. The van der Waals surface area contributed by atoms with Gasteiger partial charge >= 0.3 is 0 Å². The minimum atomic E-state index is -4.05. The second-order valence-corrected chi connectivity index (χ2v) is 31.5. The van der Waals surface area contributed by atoms with Gasteiger partial charge in [-0.15, -0.1) is 0 Å². The number of carbonyl (C=O) groups excluding carboxylic acids is 1. The van der Waals surface area contributed by atoms with Gasteiger partial charge in [0.25, 0.3) is 10.1 Å². The molecule has 8 fully saturated rings. The maximum Gasteiger partial charge on any atom is 0.297 e. The van der Waals surface area contributed by atoms with E-state index in [1.54, 1.807) is 24.3 Å². The van der Waals surface area contributed by atoms with E-state index < -0.39 is 42.5 Å². The van der Waals surface area contributed by atoms with Crippen molar-refractivity contribution in [2.24, 2.45) is 23.7 Å². The summed E-state index contributed by atoms with van der Waals surface area (Å²) in [6, 6.07) is 6.64. The summed E-state index contributed by atoms with van der Waals surface area (Å²) in [5, 5.41) is 0.137. The van der Waals surface area contributed by atoms with Crippen LogP contribution in [0.4, 0.5) is 0 Å². The quantitative estimate of drug-likeness (QED) is 0.0621. The van der Waals surface area contributed by atoms with Gasteiger partial charge in [0.15, 0.2) is 14.1 Å². The topological polar surface area (TPSA) is 134 Å². The van der Waals surface area contributed by atoms with E-state index in [1.165, 1.54) is 0 Å². The maximum atomic E-state index is 14.5. The van der Waals surface area contributed by atoms with E-state index in [9.17, 15) is 13.2 Å². The molecule has 18 atom stereocenters. The highest BCUT2D eigenvalue weighted by atomic mass is 79.9. The molecule has 0 N–H and O–H groups in total. The number of carbonyl (C=O) groups is 1. The molecule has 0 radical (unpaired) electrons. The molecule has 8 heterocycles. The number of halogens is 1. The van der Waals surface area contributed by atoms with Gasteiger partial charge in [-0.25, -0.2) is 0 Å². The Morgan fingerprint density at radius 3 is 2.33 bits per heavy atom. The summed E-state index contributed by atoms with van der Waals surface area (Å²) in [6.07, 6.45) is 6.11. The Bertz CT molecular complexity index is 2110. The average molecular weight is 1080 g/mol. The summed E-state index contributed by atoms with van der Waals surface area (Å²) in [5.41, 5.74) is 2.10. The lowest BCUT2D eigenvalue weighted by Crippen LogP contribution is -2.61. The predicted octanol–water partition coefficient (Wildman–Crippen LogP) is 11.5. The lowest BCUT2D eigenvalue weighted by atomic mass is 9.78. The Morgan fingerprint density at radius 1 is 0.929 bits per heavy atom. The molecule has 394 valence electrons. The van der Waals surface area contributed by atoms with E-state index in [-0.39, 0.29) is 95.0 Å². The van der Waals surface area contributed by atoms with Crippen LogP contribution in [0.25, 0.3) is 0 Å². The second-order valence-electron chi connectivity index (χ2n) is 24.0. The van der Waals surface area contributed by atoms with Gasteiger partial charge in [0.05, 0.1) is 53.7 Å². The van der Waals surface area contributed by atoms with Crippen LogP contribution in [0.15, 0.2) is 52.4 Å². The molecule has 12 nitrogen and oxygen atoms in total. The molecule has 8 aliphatic rings. The van der Waals surface area contributed by atoms with Crippen molar-refractivity contribution in [3.05, 3.63) is 53.0 Å². The largest absolute Gasteiger partial charge is 0.417 e. The predicted molar refractivity (Wildman–Crippen MR) is 276 cm³/mol. The highest BCUT2D eigenvalue weighted by Crippen LogP contribution is 2.54. The lowest BCUT2D eigenvalue weighted by Gasteiger charge is -2.47. The highest BCUT2D eigenvalue weighted by molar-refractivity contribution is 9.11. The minimum absolute atomic E-state index is 0.00569. The first-order chi connectivity index (χ1) is 32.9. The van der Waals surface area contributed by atoms with Crippen molar-refractivity contribution in [1.29, 1.82) is 0 Å². The van der Waals surface area contributed by atoms with E-state index >= 15 is 0 Å². The van der Waals surface area contributed by atoms with Gasteiger partial charge in [-0.3, -0.25) is 8.98 Å². The van der Waals surface area contributed by atoms with Crippen molar-refractivity contribution >= 4 is 40.1 Å². The number of rotatable bonds is 22. The van der Waals surface area contributed by atoms with E-state index in [4.69, 9.17) is 41.8 Å². The van der Waals surface area contributed by atoms with Gasteiger partial charge < -0.3 is 37.6 Å². The van der Waals surface area contributed by atoms with Gasteiger partial charge in [-0.1, -0.05) is 108 Å². The van der Waals surface area contributed by atoms with Gasteiger partial charge in [0, 0.05) is 45.1 Å². The van der Waals surface area contributed by atoms with Crippen LogP contribution in [0.1, 0.15) is 144 Å². The summed E-state index contributed by atoms with van der Waals surface area (Å²) in [4.78, 5) is 14.6. The average Bonchev–Trinajstić information content (AvgIpc) is 3.82. The summed E-state index contributed by atoms with van der Waals surface area (Å²) in [6.45, 7) is 31.7. The molecular weight excluding hydrogens is 993 g/mol. The molecule has 70 heavy (non-hydrogen) atoms. The van der Waals surface area contributed by atoms with Crippen molar-refractivity contribution in [2.45, 2.75) is 253 Å². The number of unbranched alkanes of at least 4 members (excludes halogenated alkanes) is 1. The molecule has 1 aromatic rings. The molecule has 0 aromatic heterocycles. The Hall–Kier alpha value is -1.34. The van der Waals surface area contributed by atoms with Crippen LogP contribution in [0.5, 0.6) is 0 Å². The third kappa shape index (κ3) is 12.3. The van der Waals surface area contributed by atoms with Crippen molar-refractivity contribution in [2.75, 3.05) is 6.61 Å². The number of hydrogen-bond donors (Lipinski definition) is 0. The second kappa shape index (κ2) is 22.1. The third-order valence-corrected chi connectivity index (χ3v) is 23.6. The normalized spacial score (nSPS) is 38.1. The van der Waals surface area contributed by atoms with Crippen LogP contribution >= 0.6 is 15.9 Å². The first-order valence-electron chi connectivity index (χ1n) is 26.7. The molecule has 8 saturated heterocycles. The molecule has 15 heteroatoms. The molecule has 0 amide bonds. The fourth-order valence-corrected chi connectivity index (χ4v) is 14.8. The number of fused-ring (bicyclic) bond motifs is 1. The zero-order valence-electron chi connectivity index (χ0n) is 43.8. The van der Waals surface area contributed by atoms with E-state index in [1.807, 2.05) is 6.92 Å². The van der Waals surface area contributed by atoms with Crippen molar-refractivity contribution in [3.8, 4) is 0 Å². The van der Waals surface area contributed by atoms with Crippen LogP contribution < -0.4 is 0 Å². The van der Waals surface area contributed by atoms with E-state index in [0.717, 1.165) is 49.7 Å². The van der Waals surface area contributed by atoms with Crippen molar-refractivity contribution < 1.29 is 55.0 Å². The highest BCUT2D eigenvalue weighted by Gasteiger charge is 2.68. The smallest absolute Gasteiger partial charge is 0.297 e. The Labute approximate surface area is 429 Å². The number of Topliss-reactive ketones (excluding diaryl/α,β-unsaturated/α-hetero) is 1. The number of ketones is 1. The van der Waals surface area contributed by atoms with Crippen LogP contribution in [0, 0.1) is 30.6 Å². The fourth-order valence-electron chi connectivity index (χ4n) is 12.2. The lowest BCUT2D eigenvalue weighted by molar-refractivity contribution is -0.292. The molecular formula is C55H85BrO12SSi. The third-order valence-electron chi connectivity index (χ3n) is 17.4. The van der Waals surface area contributed by atoms with Crippen molar-refractivity contribution in [1.82, 2.24) is 0 Å². The maximum absolute atomic E-state index is 14.5. The van der Waals surface area contributed by atoms with Crippen LogP contribution in [0.3, 0.4) is 0 Å². The van der Waals surface area contributed by atoms with Crippen molar-refractivity contribution in [3.63, 3.8) is 0 Å². The molecule has 4 unspecified atom stereocenters. The van der Waals surface area contributed by atoms with E-state index in [0.29, 0.717) is 67.9 Å². The number of aryl methyl sites for hydroxylation is 1. The number of ether oxygens (including phenoxy) is 7. The number of hydrogen-bond acceptors (Lipinski definition) is 12. The Morgan fingerprint density at radius 2 is 1.63 bits per heavy atom. The molecule has 0 aliphatic carbocycles. The molecule has 6 bridgehead atoms. The molecule has 8 aliphatic heterocycles. The zero-order chi connectivity index (χ0) is 50.5. The standard InChI is InChI=1S/C55H85BrO12SSi/c1-13-14-15-39-25-34(4)36(6)46(61-39)29-47-43(37(7)45(63-47)24-33(3)31-60-70(11,12)54(8,9)10)28-38(57)27-40-18-21-44-49(62-40)53-52-51(64-44)50-48(65-52)30-55(66-50,67-53)23-22-41(26-35(5)56)68-69(58,59)42-19-16-32(2)17-20-42/h16-17,19-20,33-34,37,39-41,43-53H,5-6,13-15,18,21-31H2,1-4,7-12H3/t33-,34+,37+,39?,40+,41+,43+,44-,45+,46+,47?,48+,49-,50?,51-,52+,53?,55-/m0/s1. The molecule has 0 saturated carbocycles. The Kier molecular flexibility index (Phi) is 17.3.